The first-order chi connectivity index (χ1) is 9.23. The minimum absolute atomic E-state index is 0.622. The topological polar surface area (TPSA) is 0 Å². The second-order valence-electron chi connectivity index (χ2n) is 6.25. The Balaban J connectivity index is 1.54. The van der Waals surface area contributed by atoms with E-state index in [1.165, 1.54) is 43.6 Å². The zero-order valence-corrected chi connectivity index (χ0v) is 13.1. The van der Waals surface area contributed by atoms with E-state index in [1.807, 2.05) is 0 Å². The fourth-order valence-electron chi connectivity index (χ4n) is 3.28. The molecule has 0 aliphatic carbocycles. The summed E-state index contributed by atoms with van der Waals surface area (Å²) in [7, 11) is 0. The molecule has 2 heterocycles. The molecule has 0 spiro atoms. The van der Waals surface area contributed by atoms with Crippen LogP contribution < -0.4 is 0 Å². The number of hydrogen-bond donors (Lipinski definition) is 0. The highest BCUT2D eigenvalue weighted by molar-refractivity contribution is 7.83. The van der Waals surface area contributed by atoms with Crippen LogP contribution in [0.3, 0.4) is 0 Å². The number of hydrogen-bond acceptors (Lipinski definition) is 0. The molecule has 2 aliphatic rings. The maximum Gasteiger partial charge on any atom is 0.00394 e. The van der Waals surface area contributed by atoms with E-state index in [4.69, 9.17) is 0 Å². The van der Waals surface area contributed by atoms with Gasteiger partial charge in [0.2, 0.25) is 0 Å². The Morgan fingerprint density at radius 3 is 2.32 bits per heavy atom. The van der Waals surface area contributed by atoms with Gasteiger partial charge >= 0.3 is 0 Å². The Hall–Kier alpha value is -0.740. The second kappa shape index (κ2) is 5.33. The molecule has 0 bridgehead atoms. The standard InChI is InChI=1S/C18H25P/c1-3-4-5-16-6-8-17(9-7-16)11-13-19-12-10-15(2)18(19)14-19/h6-10,12,18H,3-5,11,13-14H2,1-2H3. The Labute approximate surface area is 117 Å². The average molecular weight is 272 g/mol. The van der Waals surface area contributed by atoms with Gasteiger partial charge in [0.05, 0.1) is 0 Å². The van der Waals surface area contributed by atoms with Crippen LogP contribution in [-0.2, 0) is 12.8 Å². The lowest BCUT2D eigenvalue weighted by atomic mass is 10.1. The third-order valence-corrected chi connectivity index (χ3v) is 9.02. The summed E-state index contributed by atoms with van der Waals surface area (Å²) in [5.74, 6) is 2.59. The van der Waals surface area contributed by atoms with E-state index in [-0.39, 0.29) is 0 Å². The van der Waals surface area contributed by atoms with Gasteiger partial charge in [-0.15, -0.1) is 0 Å². The first-order valence-corrected chi connectivity index (χ1v) is 10.0. The van der Waals surface area contributed by atoms with Crippen LogP contribution in [0.15, 0.2) is 35.9 Å². The van der Waals surface area contributed by atoms with Gasteiger partial charge in [0.1, 0.15) is 0 Å². The van der Waals surface area contributed by atoms with Crippen LogP contribution >= 0.6 is 6.89 Å². The first-order valence-electron chi connectivity index (χ1n) is 7.70. The zero-order chi connectivity index (χ0) is 13.3. The van der Waals surface area contributed by atoms with Crippen molar-refractivity contribution in [3.8, 4) is 0 Å². The summed E-state index contributed by atoms with van der Waals surface area (Å²) in [5.41, 5.74) is 5.70. The molecule has 0 nitrogen and oxygen atoms in total. The maximum absolute atomic E-state index is 2.59. The van der Waals surface area contributed by atoms with Gasteiger partial charge in [0.25, 0.3) is 0 Å². The van der Waals surface area contributed by atoms with Crippen LogP contribution in [0, 0.1) is 0 Å². The smallest absolute Gasteiger partial charge is 0.00394 e. The molecule has 1 saturated heterocycles. The van der Waals surface area contributed by atoms with Crippen molar-refractivity contribution < 1.29 is 0 Å². The van der Waals surface area contributed by atoms with Gasteiger partial charge in [-0.05, 0) is 49.6 Å². The minimum Gasteiger partial charge on any atom is -0.0964 e. The highest BCUT2D eigenvalue weighted by atomic mass is 31.2. The highest BCUT2D eigenvalue weighted by Gasteiger charge is 2.46. The summed E-state index contributed by atoms with van der Waals surface area (Å²) < 4.78 is 0. The molecule has 2 aliphatic heterocycles. The molecule has 19 heavy (non-hydrogen) atoms. The molecule has 1 aromatic rings. The van der Waals surface area contributed by atoms with E-state index in [2.05, 4.69) is 50.0 Å². The van der Waals surface area contributed by atoms with Gasteiger partial charge in [-0.3, -0.25) is 0 Å². The van der Waals surface area contributed by atoms with E-state index >= 15 is 0 Å². The Morgan fingerprint density at radius 1 is 1.11 bits per heavy atom. The molecule has 0 saturated carbocycles. The number of allylic oxidation sites excluding steroid dienone is 2. The number of fused-ring (bicyclic) bond motifs is 1. The fourth-order valence-corrected chi connectivity index (χ4v) is 7.82. The molecule has 0 radical (unpaired) electrons. The van der Waals surface area contributed by atoms with Crippen LogP contribution in [0.5, 0.6) is 0 Å². The molecule has 0 N–H and O–H groups in total. The summed E-state index contributed by atoms with van der Waals surface area (Å²) in [5, 5.41) is 0. The number of benzene rings is 1. The summed E-state index contributed by atoms with van der Waals surface area (Å²) >= 11 is 0. The lowest BCUT2D eigenvalue weighted by Crippen LogP contribution is -1.92. The van der Waals surface area contributed by atoms with Crippen molar-refractivity contribution in [2.45, 2.75) is 45.2 Å². The van der Waals surface area contributed by atoms with Crippen molar-refractivity contribution in [1.82, 2.24) is 0 Å². The predicted molar refractivity (Wildman–Crippen MR) is 89.0 cm³/mol. The fraction of sp³-hybridized carbons (Fsp3) is 0.500. The summed E-state index contributed by atoms with van der Waals surface area (Å²) in [4.78, 5) is 0. The zero-order valence-electron chi connectivity index (χ0n) is 12.2. The minimum atomic E-state index is -0.622. The van der Waals surface area contributed by atoms with Crippen molar-refractivity contribution in [2.24, 2.45) is 0 Å². The van der Waals surface area contributed by atoms with Crippen LogP contribution in [-0.4, -0.2) is 23.8 Å². The average Bonchev–Trinajstić information content (AvgIpc) is 3.09. The number of rotatable bonds is 6. The molecule has 2 atom stereocenters. The first kappa shape index (κ1) is 13.3. The predicted octanol–water partition coefficient (Wildman–Crippen LogP) is 4.73. The largest absolute Gasteiger partial charge is 0.0964 e. The van der Waals surface area contributed by atoms with Crippen molar-refractivity contribution in [3.05, 3.63) is 47.0 Å². The Morgan fingerprint density at radius 2 is 1.79 bits per heavy atom. The highest BCUT2D eigenvalue weighted by Crippen LogP contribution is 2.72. The Kier molecular flexibility index (Phi) is 3.72. The molecular formula is C18H25P. The summed E-state index contributed by atoms with van der Waals surface area (Å²) in [6.07, 6.45) is 10.5. The molecule has 3 rings (SSSR count). The monoisotopic (exact) mass is 272 g/mol. The molecule has 1 aromatic carbocycles. The third-order valence-electron chi connectivity index (χ3n) is 4.82. The van der Waals surface area contributed by atoms with Gasteiger partial charge in [-0.25, -0.2) is 0 Å². The molecule has 102 valence electrons. The molecule has 2 unspecified atom stereocenters. The van der Waals surface area contributed by atoms with Crippen molar-refractivity contribution >= 4 is 12.7 Å². The molecule has 1 fully saturated rings. The molecule has 0 aromatic heterocycles. The van der Waals surface area contributed by atoms with Crippen molar-refractivity contribution in [3.63, 3.8) is 0 Å². The number of unbranched alkanes of at least 4 members (excludes halogenated alkanes) is 1. The van der Waals surface area contributed by atoms with E-state index in [0.717, 1.165) is 5.66 Å². The maximum atomic E-state index is 2.59. The van der Waals surface area contributed by atoms with Gasteiger partial charge in [-0.1, -0.05) is 61.9 Å². The SMILES string of the molecule is CCCCc1ccc(CCP23=CC=C(C)C2C3)cc1. The second-order valence-corrected chi connectivity index (χ2v) is 10.2. The number of aryl methyl sites for hydroxylation is 2. The lowest BCUT2D eigenvalue weighted by molar-refractivity contribution is 0.794. The van der Waals surface area contributed by atoms with Crippen LogP contribution in [0.1, 0.15) is 37.8 Å². The third kappa shape index (κ3) is 2.75. The van der Waals surface area contributed by atoms with Gasteiger partial charge in [-0.2, -0.15) is 0 Å². The normalized spacial score (nSPS) is 27.7. The van der Waals surface area contributed by atoms with E-state index in [0.29, 0.717) is 0 Å². The van der Waals surface area contributed by atoms with Gasteiger partial charge in [0, 0.05) is 5.66 Å². The van der Waals surface area contributed by atoms with Crippen LogP contribution in [0.4, 0.5) is 0 Å². The van der Waals surface area contributed by atoms with Crippen molar-refractivity contribution in [1.29, 1.82) is 0 Å². The molecule has 0 amide bonds. The van der Waals surface area contributed by atoms with Gasteiger partial charge < -0.3 is 0 Å². The van der Waals surface area contributed by atoms with E-state index < -0.39 is 6.89 Å². The molecular weight excluding hydrogens is 247 g/mol. The van der Waals surface area contributed by atoms with Crippen LogP contribution in [0.2, 0.25) is 0 Å². The summed E-state index contributed by atoms with van der Waals surface area (Å²) in [6, 6.07) is 9.40. The molecule has 1 heteroatoms. The lowest BCUT2D eigenvalue weighted by Gasteiger charge is -2.06. The van der Waals surface area contributed by atoms with Gasteiger partial charge in [0.15, 0.2) is 0 Å². The van der Waals surface area contributed by atoms with E-state index in [9.17, 15) is 0 Å². The quantitative estimate of drug-likeness (QED) is 0.656. The van der Waals surface area contributed by atoms with Crippen LogP contribution in [0.25, 0.3) is 0 Å². The van der Waals surface area contributed by atoms with E-state index in [1.54, 1.807) is 11.1 Å². The summed E-state index contributed by atoms with van der Waals surface area (Å²) in [6.45, 7) is 3.96. The Bertz CT molecular complexity index is 533. The van der Waals surface area contributed by atoms with Crippen molar-refractivity contribution in [2.75, 3.05) is 12.3 Å².